The van der Waals surface area contributed by atoms with E-state index in [0.29, 0.717) is 25.7 Å². The number of H-pyrrole nitrogens is 1. The Morgan fingerprint density at radius 1 is 1.33 bits per heavy atom. The third-order valence-corrected chi connectivity index (χ3v) is 6.23. The number of nitrogens with one attached hydrogen (secondary N) is 1. The third kappa shape index (κ3) is 2.16. The maximum absolute atomic E-state index is 12.8. The number of aromatic amines is 1. The smallest absolute Gasteiger partial charge is 0.340 e. The van der Waals surface area contributed by atoms with E-state index < -0.39 is 27.1 Å². The first kappa shape index (κ1) is 14.5. The fraction of sp³-hybridized carbons (Fsp3) is 0.667. The Bertz CT molecular complexity index is 669. The van der Waals surface area contributed by atoms with Crippen LogP contribution >= 0.6 is 0 Å². The second kappa shape index (κ2) is 4.79. The van der Waals surface area contributed by atoms with Gasteiger partial charge in [-0.15, -0.1) is 0 Å². The number of nitrogens with zero attached hydrogens (tertiary/aromatic N) is 2. The lowest BCUT2D eigenvalue weighted by Gasteiger charge is -2.35. The third-order valence-electron chi connectivity index (χ3n) is 4.29. The maximum atomic E-state index is 12.8. The second-order valence-electron chi connectivity index (χ2n) is 5.68. The first-order valence-corrected chi connectivity index (χ1v) is 8.26. The van der Waals surface area contributed by atoms with Crippen LogP contribution in [0.25, 0.3) is 0 Å². The first-order valence-electron chi connectivity index (χ1n) is 6.82. The van der Waals surface area contributed by atoms with Crippen molar-refractivity contribution in [2.24, 2.45) is 0 Å². The molecule has 2 bridgehead atoms. The second-order valence-corrected chi connectivity index (χ2v) is 7.44. The SMILES string of the molecule is Cc1[nH]nc(S(=O)(=O)N2C3CCC2CC(O)C3)c1C(=O)O. The highest BCUT2D eigenvalue weighted by Gasteiger charge is 2.48. The minimum atomic E-state index is -3.98. The average molecular weight is 315 g/mol. The minimum Gasteiger partial charge on any atom is -0.478 e. The van der Waals surface area contributed by atoms with Gasteiger partial charge in [-0.3, -0.25) is 5.10 Å². The molecule has 0 spiro atoms. The highest BCUT2D eigenvalue weighted by molar-refractivity contribution is 7.89. The quantitative estimate of drug-likeness (QED) is 0.726. The Morgan fingerprint density at radius 3 is 2.43 bits per heavy atom. The van der Waals surface area contributed by atoms with Crippen molar-refractivity contribution in [3.05, 3.63) is 11.3 Å². The van der Waals surface area contributed by atoms with Crippen LogP contribution in [0.4, 0.5) is 0 Å². The summed E-state index contributed by atoms with van der Waals surface area (Å²) in [6.45, 7) is 1.48. The Balaban J connectivity index is 2.05. The van der Waals surface area contributed by atoms with E-state index in [9.17, 15) is 23.4 Å². The predicted octanol–water partition coefficient (Wildman–Crippen LogP) is 0.0927. The van der Waals surface area contributed by atoms with E-state index in [-0.39, 0.29) is 23.3 Å². The topological polar surface area (TPSA) is 124 Å². The van der Waals surface area contributed by atoms with Crippen LogP contribution in [-0.2, 0) is 10.0 Å². The van der Waals surface area contributed by atoms with Crippen LogP contribution in [0, 0.1) is 6.92 Å². The first-order chi connectivity index (χ1) is 9.82. The molecular weight excluding hydrogens is 298 g/mol. The summed E-state index contributed by atoms with van der Waals surface area (Å²) in [5.41, 5.74) is -0.0917. The number of aromatic nitrogens is 2. The number of aromatic carboxylic acids is 1. The van der Waals surface area contributed by atoms with Crippen LogP contribution in [0.3, 0.4) is 0 Å². The number of hydrogen-bond acceptors (Lipinski definition) is 5. The van der Waals surface area contributed by atoms with Gasteiger partial charge in [0.1, 0.15) is 5.56 Å². The van der Waals surface area contributed by atoms with E-state index in [1.54, 1.807) is 0 Å². The fourth-order valence-corrected chi connectivity index (χ4v) is 5.47. The number of hydrogen-bond donors (Lipinski definition) is 3. The standard InChI is InChI=1S/C12H17N3O5S/c1-6-10(12(17)18)11(14-13-6)21(19,20)15-7-2-3-8(15)5-9(16)4-7/h7-9,16H,2-5H2,1H3,(H,13,14)(H,17,18). The van der Waals surface area contributed by atoms with Crippen molar-refractivity contribution in [3.63, 3.8) is 0 Å². The van der Waals surface area contributed by atoms with Crippen molar-refractivity contribution in [3.8, 4) is 0 Å². The van der Waals surface area contributed by atoms with Gasteiger partial charge in [-0.1, -0.05) is 0 Å². The van der Waals surface area contributed by atoms with Crippen LogP contribution in [0.15, 0.2) is 5.03 Å². The molecule has 2 atom stereocenters. The zero-order valence-electron chi connectivity index (χ0n) is 11.5. The summed E-state index contributed by atoms with van der Waals surface area (Å²) < 4.78 is 26.9. The number of piperidine rings is 1. The van der Waals surface area contributed by atoms with Gasteiger partial charge in [-0.2, -0.15) is 9.40 Å². The number of fused-ring (bicyclic) bond motifs is 2. The van der Waals surface area contributed by atoms with Crippen LogP contribution in [0.2, 0.25) is 0 Å². The molecule has 0 radical (unpaired) electrons. The molecule has 21 heavy (non-hydrogen) atoms. The molecule has 2 aliphatic heterocycles. The molecule has 0 amide bonds. The molecule has 2 unspecified atom stereocenters. The lowest BCUT2D eigenvalue weighted by Crippen LogP contribution is -2.48. The van der Waals surface area contributed by atoms with Crippen LogP contribution in [0.1, 0.15) is 41.7 Å². The van der Waals surface area contributed by atoms with Crippen molar-refractivity contribution in [1.82, 2.24) is 14.5 Å². The van der Waals surface area contributed by atoms with E-state index in [1.165, 1.54) is 11.2 Å². The van der Waals surface area contributed by atoms with E-state index in [0.717, 1.165) is 0 Å². The predicted molar refractivity (Wildman–Crippen MR) is 71.4 cm³/mol. The highest BCUT2D eigenvalue weighted by atomic mass is 32.2. The van der Waals surface area contributed by atoms with Crippen LogP contribution in [0.5, 0.6) is 0 Å². The van der Waals surface area contributed by atoms with Crippen LogP contribution < -0.4 is 0 Å². The molecule has 0 aliphatic carbocycles. The van der Waals surface area contributed by atoms with Gasteiger partial charge in [0, 0.05) is 17.8 Å². The zero-order chi connectivity index (χ0) is 15.4. The molecule has 2 saturated heterocycles. The van der Waals surface area contributed by atoms with Crippen molar-refractivity contribution in [2.45, 2.75) is 55.8 Å². The molecule has 0 aromatic carbocycles. The van der Waals surface area contributed by atoms with E-state index in [1.807, 2.05) is 0 Å². The lowest BCUT2D eigenvalue weighted by molar-refractivity contribution is 0.0685. The lowest BCUT2D eigenvalue weighted by atomic mass is 10.0. The number of aliphatic hydroxyl groups excluding tert-OH is 1. The van der Waals surface area contributed by atoms with Crippen LogP contribution in [-0.4, -0.2) is 57.3 Å². The number of carbonyl (C=O) groups is 1. The summed E-state index contributed by atoms with van der Waals surface area (Å²) in [6.07, 6.45) is 1.66. The van der Waals surface area contributed by atoms with Gasteiger partial charge in [0.2, 0.25) is 5.03 Å². The molecular formula is C12H17N3O5S. The molecule has 3 N–H and O–H groups in total. The number of rotatable bonds is 3. The monoisotopic (exact) mass is 315 g/mol. The molecule has 116 valence electrons. The Hall–Kier alpha value is -1.45. The molecule has 3 rings (SSSR count). The Morgan fingerprint density at radius 2 is 1.90 bits per heavy atom. The van der Waals surface area contributed by atoms with Gasteiger partial charge in [0.15, 0.2) is 0 Å². The molecule has 1 aromatic rings. The van der Waals surface area contributed by atoms with Crippen molar-refractivity contribution in [1.29, 1.82) is 0 Å². The molecule has 8 nitrogen and oxygen atoms in total. The van der Waals surface area contributed by atoms with Gasteiger partial charge in [-0.25, -0.2) is 13.2 Å². The van der Waals surface area contributed by atoms with Crippen molar-refractivity contribution < 1.29 is 23.4 Å². The minimum absolute atomic E-state index is 0.213. The zero-order valence-corrected chi connectivity index (χ0v) is 12.3. The number of carboxylic acid groups (broad SMARTS) is 1. The fourth-order valence-electron chi connectivity index (χ4n) is 3.44. The summed E-state index contributed by atoms with van der Waals surface area (Å²) in [4.78, 5) is 11.3. The summed E-state index contributed by atoms with van der Waals surface area (Å²) in [7, 11) is -3.98. The summed E-state index contributed by atoms with van der Waals surface area (Å²) in [5, 5.41) is 24.7. The van der Waals surface area contributed by atoms with E-state index >= 15 is 0 Å². The normalized spacial score (nSPS) is 29.7. The number of aliphatic hydroxyl groups is 1. The molecule has 0 saturated carbocycles. The van der Waals surface area contributed by atoms with E-state index in [2.05, 4.69) is 10.2 Å². The van der Waals surface area contributed by atoms with Gasteiger partial charge in [-0.05, 0) is 32.6 Å². The molecule has 3 heterocycles. The maximum Gasteiger partial charge on any atom is 0.340 e. The Kier molecular flexibility index (Phi) is 3.30. The van der Waals surface area contributed by atoms with E-state index in [4.69, 9.17) is 0 Å². The average Bonchev–Trinajstić information content (AvgIpc) is 2.89. The Labute approximate surface area is 121 Å². The van der Waals surface area contributed by atoms with Crippen molar-refractivity contribution >= 4 is 16.0 Å². The van der Waals surface area contributed by atoms with Gasteiger partial charge in [0.25, 0.3) is 10.0 Å². The molecule has 1 aromatic heterocycles. The van der Waals surface area contributed by atoms with Gasteiger partial charge in [0.05, 0.1) is 6.10 Å². The molecule has 9 heteroatoms. The molecule has 2 fully saturated rings. The van der Waals surface area contributed by atoms with Gasteiger partial charge >= 0.3 is 5.97 Å². The summed E-state index contributed by atoms with van der Waals surface area (Å²) >= 11 is 0. The number of aryl methyl sites for hydroxylation is 1. The van der Waals surface area contributed by atoms with Crippen molar-refractivity contribution in [2.75, 3.05) is 0 Å². The van der Waals surface area contributed by atoms with Gasteiger partial charge < -0.3 is 10.2 Å². The highest BCUT2D eigenvalue weighted by Crippen LogP contribution is 2.40. The summed E-state index contributed by atoms with van der Waals surface area (Å²) in [5.74, 6) is -1.32. The largest absolute Gasteiger partial charge is 0.478 e. The number of sulfonamides is 1. The summed E-state index contributed by atoms with van der Waals surface area (Å²) in [6, 6.07) is -0.551. The number of carboxylic acids is 1. The molecule has 2 aliphatic rings.